The van der Waals surface area contributed by atoms with E-state index in [0.717, 1.165) is 10.6 Å². The van der Waals surface area contributed by atoms with Crippen molar-refractivity contribution in [3.8, 4) is 10.6 Å². The number of thiazole rings is 1. The Bertz CT molecular complexity index is 549. The number of hydrogen-bond acceptors (Lipinski definition) is 5. The summed E-state index contributed by atoms with van der Waals surface area (Å²) in [6.45, 7) is 1.64. The highest BCUT2D eigenvalue weighted by Crippen LogP contribution is 2.22. The maximum Gasteiger partial charge on any atom is 0.271 e. The van der Waals surface area contributed by atoms with E-state index in [1.165, 1.54) is 11.3 Å². The third kappa shape index (κ3) is 2.74. The van der Waals surface area contributed by atoms with E-state index in [1.807, 2.05) is 13.2 Å². The number of aromatic nitrogens is 3. The van der Waals surface area contributed by atoms with Crippen molar-refractivity contribution in [2.45, 2.75) is 13.0 Å². The van der Waals surface area contributed by atoms with Gasteiger partial charge < -0.3 is 10.4 Å². The number of carbonyl (C=O) groups excluding carboxylic acids is 1. The van der Waals surface area contributed by atoms with Crippen LogP contribution in [0.4, 0.5) is 0 Å². The molecule has 0 saturated heterocycles. The molecule has 0 fully saturated rings. The number of nitrogens with one attached hydrogen (secondary N) is 1. The number of carbonyl (C=O) groups is 1. The smallest absolute Gasteiger partial charge is 0.271 e. The van der Waals surface area contributed by atoms with Crippen molar-refractivity contribution in [3.63, 3.8) is 0 Å². The van der Waals surface area contributed by atoms with Crippen LogP contribution in [0.2, 0.25) is 0 Å². The van der Waals surface area contributed by atoms with Gasteiger partial charge in [0.05, 0.1) is 12.8 Å². The molecule has 2 aromatic rings. The normalized spacial score (nSPS) is 12.4. The van der Waals surface area contributed by atoms with Crippen molar-refractivity contribution in [2.24, 2.45) is 7.05 Å². The van der Waals surface area contributed by atoms with Crippen molar-refractivity contribution in [2.75, 3.05) is 6.61 Å². The van der Waals surface area contributed by atoms with Crippen molar-refractivity contribution < 1.29 is 9.90 Å². The maximum absolute atomic E-state index is 11.8. The zero-order valence-electron chi connectivity index (χ0n) is 10.1. The van der Waals surface area contributed by atoms with Crippen LogP contribution in [-0.2, 0) is 7.05 Å². The maximum atomic E-state index is 11.8. The number of aliphatic hydroxyl groups excluding tert-OH is 1. The Morgan fingerprint density at radius 2 is 2.44 bits per heavy atom. The lowest BCUT2D eigenvalue weighted by molar-refractivity contribution is 0.0918. The van der Waals surface area contributed by atoms with Gasteiger partial charge in [0, 0.05) is 30.2 Å². The summed E-state index contributed by atoms with van der Waals surface area (Å²) < 4.78 is 1.68. The van der Waals surface area contributed by atoms with Crippen LogP contribution < -0.4 is 5.32 Å². The minimum Gasteiger partial charge on any atom is -0.394 e. The molecule has 7 heteroatoms. The van der Waals surface area contributed by atoms with E-state index in [0.29, 0.717) is 5.69 Å². The minimum atomic E-state index is -0.277. The molecule has 0 radical (unpaired) electrons. The molecule has 0 spiro atoms. The highest BCUT2D eigenvalue weighted by molar-refractivity contribution is 7.13. The summed E-state index contributed by atoms with van der Waals surface area (Å²) in [5.41, 5.74) is 1.25. The fraction of sp³-hybridized carbons (Fsp3) is 0.364. The summed E-state index contributed by atoms with van der Waals surface area (Å²) in [5, 5.41) is 18.0. The molecule has 0 aliphatic heterocycles. The van der Waals surface area contributed by atoms with Crippen LogP contribution in [0.25, 0.3) is 10.6 Å². The highest BCUT2D eigenvalue weighted by Gasteiger charge is 2.14. The molecule has 2 N–H and O–H groups in total. The molecule has 6 nitrogen and oxygen atoms in total. The summed E-state index contributed by atoms with van der Waals surface area (Å²) in [6, 6.07) is -0.277. The second-order valence-corrected chi connectivity index (χ2v) is 4.86. The summed E-state index contributed by atoms with van der Waals surface area (Å²) >= 11 is 1.39. The van der Waals surface area contributed by atoms with Crippen LogP contribution >= 0.6 is 11.3 Å². The third-order valence-electron chi connectivity index (χ3n) is 2.34. The van der Waals surface area contributed by atoms with E-state index in [-0.39, 0.29) is 18.6 Å². The van der Waals surface area contributed by atoms with Crippen molar-refractivity contribution >= 4 is 17.2 Å². The molecule has 0 aromatic carbocycles. The van der Waals surface area contributed by atoms with E-state index in [4.69, 9.17) is 5.11 Å². The lowest BCUT2D eigenvalue weighted by Crippen LogP contribution is -2.35. The van der Waals surface area contributed by atoms with Crippen LogP contribution in [0.1, 0.15) is 17.4 Å². The quantitative estimate of drug-likeness (QED) is 0.851. The van der Waals surface area contributed by atoms with Gasteiger partial charge >= 0.3 is 0 Å². The number of rotatable bonds is 4. The molecule has 0 bridgehead atoms. The lowest BCUT2D eigenvalue weighted by Gasteiger charge is -2.08. The second kappa shape index (κ2) is 5.28. The Hall–Kier alpha value is -1.73. The van der Waals surface area contributed by atoms with Crippen molar-refractivity contribution in [3.05, 3.63) is 23.5 Å². The molecule has 1 amide bonds. The summed E-state index contributed by atoms with van der Waals surface area (Å²) in [5.74, 6) is -0.275. The second-order valence-electron chi connectivity index (χ2n) is 4.00. The fourth-order valence-corrected chi connectivity index (χ4v) is 2.16. The molecule has 1 unspecified atom stereocenters. The van der Waals surface area contributed by atoms with Crippen LogP contribution in [-0.4, -0.2) is 38.4 Å². The average molecular weight is 266 g/mol. The molecule has 0 aliphatic carbocycles. The van der Waals surface area contributed by atoms with Crippen molar-refractivity contribution in [1.29, 1.82) is 0 Å². The molecule has 18 heavy (non-hydrogen) atoms. The predicted octanol–water partition coefficient (Wildman–Crippen LogP) is 0.654. The number of hydrogen-bond donors (Lipinski definition) is 2. The number of amides is 1. The van der Waals surface area contributed by atoms with Crippen LogP contribution in [0.5, 0.6) is 0 Å². The van der Waals surface area contributed by atoms with E-state index < -0.39 is 0 Å². The Kier molecular flexibility index (Phi) is 3.73. The molecule has 0 aliphatic rings. The number of nitrogens with zero attached hydrogens (tertiary/aromatic N) is 3. The van der Waals surface area contributed by atoms with Gasteiger partial charge in [-0.15, -0.1) is 11.3 Å². The molecular formula is C11H14N4O2S. The molecule has 2 heterocycles. The Labute approximate surface area is 108 Å². The van der Waals surface area contributed by atoms with Gasteiger partial charge in [0.2, 0.25) is 0 Å². The zero-order valence-corrected chi connectivity index (χ0v) is 10.9. The SMILES string of the molecule is CC(CO)NC(=O)c1csc(-c2cnn(C)c2)n1. The van der Waals surface area contributed by atoms with Crippen LogP contribution in [0.15, 0.2) is 17.8 Å². The third-order valence-corrected chi connectivity index (χ3v) is 3.23. The first-order valence-corrected chi connectivity index (χ1v) is 6.34. The first-order valence-electron chi connectivity index (χ1n) is 5.46. The monoisotopic (exact) mass is 266 g/mol. The van der Waals surface area contributed by atoms with Gasteiger partial charge in [-0.25, -0.2) is 4.98 Å². The van der Waals surface area contributed by atoms with Gasteiger partial charge in [-0.1, -0.05) is 0 Å². The van der Waals surface area contributed by atoms with E-state index in [9.17, 15) is 4.79 Å². The topological polar surface area (TPSA) is 80.0 Å². The highest BCUT2D eigenvalue weighted by atomic mass is 32.1. The van der Waals surface area contributed by atoms with E-state index in [2.05, 4.69) is 15.4 Å². The van der Waals surface area contributed by atoms with Gasteiger partial charge in [0.15, 0.2) is 0 Å². The minimum absolute atomic E-state index is 0.0919. The predicted molar refractivity (Wildman–Crippen MR) is 68.3 cm³/mol. The average Bonchev–Trinajstić information content (AvgIpc) is 2.96. The Morgan fingerprint density at radius 3 is 3.06 bits per heavy atom. The molecule has 0 saturated carbocycles. The summed E-state index contributed by atoms with van der Waals surface area (Å²) in [6.07, 6.45) is 3.55. The first kappa shape index (κ1) is 12.7. The molecule has 96 valence electrons. The van der Waals surface area contributed by atoms with Gasteiger partial charge in [-0.2, -0.15) is 5.10 Å². The lowest BCUT2D eigenvalue weighted by atomic mass is 10.3. The fourth-order valence-electron chi connectivity index (χ4n) is 1.39. The van der Waals surface area contributed by atoms with Gasteiger partial charge in [-0.3, -0.25) is 9.48 Å². The van der Waals surface area contributed by atoms with Gasteiger partial charge in [-0.05, 0) is 6.92 Å². The Morgan fingerprint density at radius 1 is 1.67 bits per heavy atom. The molecule has 1 atom stereocenters. The largest absolute Gasteiger partial charge is 0.394 e. The number of aliphatic hydroxyl groups is 1. The van der Waals surface area contributed by atoms with Crippen molar-refractivity contribution in [1.82, 2.24) is 20.1 Å². The summed E-state index contributed by atoms with van der Waals surface area (Å²) in [4.78, 5) is 16.0. The standard InChI is InChI=1S/C11H14N4O2S/c1-7(5-16)13-10(17)9-6-18-11(14-9)8-3-12-15(2)4-8/h3-4,6-7,16H,5H2,1-2H3,(H,13,17). The van der Waals surface area contributed by atoms with Gasteiger partial charge in [0.1, 0.15) is 10.7 Å². The summed E-state index contributed by atoms with van der Waals surface area (Å²) in [7, 11) is 1.83. The zero-order chi connectivity index (χ0) is 13.1. The van der Waals surface area contributed by atoms with Crippen LogP contribution in [0.3, 0.4) is 0 Å². The first-order chi connectivity index (χ1) is 8.60. The number of aryl methyl sites for hydroxylation is 1. The van der Waals surface area contributed by atoms with E-state index in [1.54, 1.807) is 23.2 Å². The van der Waals surface area contributed by atoms with E-state index >= 15 is 0 Å². The van der Waals surface area contributed by atoms with Crippen LogP contribution in [0, 0.1) is 0 Å². The van der Waals surface area contributed by atoms with Gasteiger partial charge in [0.25, 0.3) is 5.91 Å². The Balaban J connectivity index is 2.13. The molecule has 2 rings (SSSR count). The molecular weight excluding hydrogens is 252 g/mol. The molecule has 2 aromatic heterocycles.